The number of pyridine rings is 2. The summed E-state index contributed by atoms with van der Waals surface area (Å²) in [5.74, 6) is -0.189. The van der Waals surface area contributed by atoms with Crippen LogP contribution in [0.25, 0.3) is 39.5 Å². The quantitative estimate of drug-likeness (QED) is 0.173. The summed E-state index contributed by atoms with van der Waals surface area (Å²) in [5, 5.41) is 39.4. The average Bonchev–Trinajstić information content (AvgIpc) is 3.51. The third-order valence-electron chi connectivity index (χ3n) is 8.69. The highest BCUT2D eigenvalue weighted by Crippen LogP contribution is 2.32. The molecule has 0 spiro atoms. The van der Waals surface area contributed by atoms with Crippen molar-refractivity contribution in [1.29, 1.82) is 5.26 Å². The minimum absolute atomic E-state index is 0.230. The molecule has 5 N–H and O–H groups in total. The van der Waals surface area contributed by atoms with Gasteiger partial charge in [0.25, 0.3) is 5.91 Å². The maximum atomic E-state index is 13.2. The van der Waals surface area contributed by atoms with Crippen LogP contribution in [0.2, 0.25) is 0 Å². The number of anilines is 1. The van der Waals surface area contributed by atoms with Crippen molar-refractivity contribution in [1.82, 2.24) is 39.3 Å². The molecule has 250 valence electrons. The van der Waals surface area contributed by atoms with E-state index in [1.54, 1.807) is 12.3 Å². The van der Waals surface area contributed by atoms with E-state index in [4.69, 9.17) is 21.0 Å². The zero-order valence-electron chi connectivity index (χ0n) is 26.7. The molecular formula is C36H32N10O4. The van der Waals surface area contributed by atoms with Crippen LogP contribution >= 0.6 is 0 Å². The van der Waals surface area contributed by atoms with Crippen LogP contribution in [0.4, 0.5) is 5.82 Å². The lowest BCUT2D eigenvalue weighted by molar-refractivity contribution is -0.386. The summed E-state index contributed by atoms with van der Waals surface area (Å²) in [6.45, 7) is 1.63. The molecule has 50 heavy (non-hydrogen) atoms. The summed E-state index contributed by atoms with van der Waals surface area (Å²) in [7, 11) is 0. The van der Waals surface area contributed by atoms with E-state index in [0.717, 1.165) is 22.5 Å². The van der Waals surface area contributed by atoms with Crippen LogP contribution in [-0.4, -0.2) is 85.7 Å². The van der Waals surface area contributed by atoms with E-state index in [1.165, 1.54) is 12.3 Å². The number of imidazole rings is 1. The topological polar surface area (TPSA) is 203 Å². The molecule has 1 saturated heterocycles. The molecule has 1 aliphatic rings. The van der Waals surface area contributed by atoms with E-state index in [-0.39, 0.29) is 11.5 Å². The number of nitrogens with zero attached hydrogens (tertiary/aromatic N) is 9. The number of carbonyl (C=O) groups is 1. The number of fused-ring (bicyclic) bond motifs is 1. The van der Waals surface area contributed by atoms with Crippen molar-refractivity contribution in [2.75, 3.05) is 18.8 Å². The number of hydrogen-bond donors (Lipinski definition) is 4. The summed E-state index contributed by atoms with van der Waals surface area (Å²) in [4.78, 5) is 37.8. The van der Waals surface area contributed by atoms with Gasteiger partial charge in [0.2, 0.25) is 5.82 Å². The number of benzene rings is 2. The summed E-state index contributed by atoms with van der Waals surface area (Å²) in [6, 6.07) is 27.9. The largest absolute Gasteiger partial charge is 0.383 e. The van der Waals surface area contributed by atoms with Gasteiger partial charge in [-0.25, -0.2) is 24.9 Å². The Bertz CT molecular complexity index is 2200. The Hall–Kier alpha value is -6.11. The Morgan fingerprint density at radius 3 is 2.36 bits per heavy atom. The first-order valence-corrected chi connectivity index (χ1v) is 15.9. The summed E-state index contributed by atoms with van der Waals surface area (Å²) >= 11 is 0. The van der Waals surface area contributed by atoms with Gasteiger partial charge in [-0.2, -0.15) is 5.26 Å². The molecule has 7 rings (SSSR count). The van der Waals surface area contributed by atoms with Crippen LogP contribution in [0.1, 0.15) is 34.7 Å². The lowest BCUT2D eigenvalue weighted by Crippen LogP contribution is -2.59. The predicted molar refractivity (Wildman–Crippen MR) is 183 cm³/mol. The van der Waals surface area contributed by atoms with Crippen LogP contribution in [-0.2, 0) is 6.54 Å². The number of likely N-dealkylation sites (tertiary alicyclic amines) is 1. The van der Waals surface area contributed by atoms with E-state index in [2.05, 4.69) is 19.9 Å². The van der Waals surface area contributed by atoms with Crippen molar-refractivity contribution in [2.45, 2.75) is 31.5 Å². The SMILES string of the molecule is N#Cc1nccc(C(=O)N(C2CCN(Cc3ccc(-n4c(-c5cccnc5N)nc5ccc(-c6ccccc6)nc54)cc3)CC2)C(O)(O)O)n1. The van der Waals surface area contributed by atoms with Gasteiger partial charge in [0.1, 0.15) is 23.1 Å². The predicted octanol–water partition coefficient (Wildman–Crippen LogP) is 3.09. The van der Waals surface area contributed by atoms with Gasteiger partial charge in [-0.3, -0.25) is 19.2 Å². The number of nitrogens with two attached hydrogens (primary N) is 1. The van der Waals surface area contributed by atoms with Crippen LogP contribution in [0.5, 0.6) is 0 Å². The summed E-state index contributed by atoms with van der Waals surface area (Å²) < 4.78 is 1.98. The van der Waals surface area contributed by atoms with Gasteiger partial charge in [0.15, 0.2) is 11.5 Å². The number of nitrogen functional groups attached to an aromatic ring is 1. The van der Waals surface area contributed by atoms with E-state index < -0.39 is 18.0 Å². The van der Waals surface area contributed by atoms with Gasteiger partial charge in [-0.05, 0) is 60.9 Å². The minimum Gasteiger partial charge on any atom is -0.383 e. The van der Waals surface area contributed by atoms with Crippen molar-refractivity contribution >= 4 is 22.9 Å². The van der Waals surface area contributed by atoms with Crippen LogP contribution < -0.4 is 5.73 Å². The monoisotopic (exact) mass is 668 g/mol. The third kappa shape index (κ3) is 6.49. The Morgan fingerprint density at radius 1 is 0.900 bits per heavy atom. The fourth-order valence-electron chi connectivity index (χ4n) is 6.31. The van der Waals surface area contributed by atoms with E-state index in [9.17, 15) is 20.1 Å². The van der Waals surface area contributed by atoms with Crippen LogP contribution in [0, 0.1) is 11.3 Å². The lowest BCUT2D eigenvalue weighted by atomic mass is 10.0. The Morgan fingerprint density at radius 2 is 1.66 bits per heavy atom. The second kappa shape index (κ2) is 13.4. The van der Waals surface area contributed by atoms with Crippen LogP contribution in [0.3, 0.4) is 0 Å². The zero-order chi connectivity index (χ0) is 34.8. The smallest absolute Gasteiger partial charge is 0.372 e. The fraction of sp³-hybridized carbons (Fsp3) is 0.194. The summed E-state index contributed by atoms with van der Waals surface area (Å²) in [5.41, 5.74) is 11.8. The number of aromatic nitrogens is 6. The van der Waals surface area contributed by atoms with E-state index in [0.29, 0.717) is 65.7 Å². The van der Waals surface area contributed by atoms with Gasteiger partial charge < -0.3 is 21.1 Å². The normalized spacial score (nSPS) is 14.0. The minimum atomic E-state index is -3.41. The van der Waals surface area contributed by atoms with Crippen LogP contribution in [0.15, 0.2) is 97.3 Å². The Kier molecular flexibility index (Phi) is 8.71. The lowest BCUT2D eigenvalue weighted by Gasteiger charge is -2.41. The highest BCUT2D eigenvalue weighted by Gasteiger charge is 2.41. The van der Waals surface area contributed by atoms with Gasteiger partial charge in [0.05, 0.1) is 11.3 Å². The van der Waals surface area contributed by atoms with Crippen molar-refractivity contribution in [2.24, 2.45) is 0 Å². The van der Waals surface area contributed by atoms with Crippen molar-refractivity contribution in [3.05, 3.63) is 114 Å². The molecule has 0 unspecified atom stereocenters. The molecule has 0 aliphatic carbocycles. The molecule has 0 radical (unpaired) electrons. The molecule has 2 aromatic carbocycles. The number of piperidine rings is 1. The van der Waals surface area contributed by atoms with Gasteiger partial charge >= 0.3 is 6.10 Å². The maximum Gasteiger partial charge on any atom is 0.372 e. The highest BCUT2D eigenvalue weighted by molar-refractivity contribution is 5.92. The maximum absolute atomic E-state index is 13.2. The van der Waals surface area contributed by atoms with Crippen molar-refractivity contribution < 1.29 is 20.1 Å². The molecule has 0 saturated carbocycles. The number of aliphatic hydroxyl groups is 3. The molecule has 14 heteroatoms. The number of carbonyl (C=O) groups excluding carboxylic acids is 1. The molecule has 6 aromatic rings. The molecule has 5 heterocycles. The Labute approximate surface area is 286 Å². The Balaban J connectivity index is 1.12. The number of amides is 1. The molecule has 1 aliphatic heterocycles. The molecule has 14 nitrogen and oxygen atoms in total. The molecule has 0 bridgehead atoms. The molecular weight excluding hydrogens is 636 g/mol. The molecule has 0 atom stereocenters. The number of rotatable bonds is 8. The standard InChI is InChI=1S/C36H32N10O4/c37-21-31-39-18-14-30(41-31)35(47)46(36(48,49)50)26-15-19-44(20-16-26)22-23-8-10-25(11-9-23)45-33(27-7-4-17-40-32(27)38)43-29-13-12-28(42-34(29)45)24-5-2-1-3-6-24/h1-14,17-18,26,48-50H,15-16,19-20,22H2,(H2,38,40). The zero-order valence-corrected chi connectivity index (χ0v) is 26.7. The number of nitriles is 1. The fourth-order valence-corrected chi connectivity index (χ4v) is 6.31. The van der Waals surface area contributed by atoms with Gasteiger partial charge in [-0.1, -0.05) is 42.5 Å². The average molecular weight is 669 g/mol. The van der Waals surface area contributed by atoms with Gasteiger partial charge in [-0.15, -0.1) is 0 Å². The van der Waals surface area contributed by atoms with Crippen molar-refractivity contribution in [3.63, 3.8) is 0 Å². The first-order valence-electron chi connectivity index (χ1n) is 15.9. The van der Waals surface area contributed by atoms with Gasteiger partial charge in [0, 0.05) is 49.3 Å². The first-order chi connectivity index (χ1) is 24.2. The highest BCUT2D eigenvalue weighted by atomic mass is 16.7. The van der Waals surface area contributed by atoms with E-state index >= 15 is 0 Å². The van der Waals surface area contributed by atoms with E-state index in [1.807, 2.05) is 83.4 Å². The summed E-state index contributed by atoms with van der Waals surface area (Å²) in [6.07, 6.45) is 0.167. The third-order valence-corrected chi connectivity index (χ3v) is 8.69. The molecule has 4 aromatic heterocycles. The van der Waals surface area contributed by atoms with Crippen molar-refractivity contribution in [3.8, 4) is 34.4 Å². The second-order valence-corrected chi connectivity index (χ2v) is 11.9. The first kappa shape index (κ1) is 32.4. The molecule has 1 fully saturated rings. The molecule has 1 amide bonds. The second-order valence-electron chi connectivity index (χ2n) is 11.9. The number of hydrogen-bond acceptors (Lipinski definition) is 12.